The van der Waals surface area contributed by atoms with Gasteiger partial charge in [0.2, 0.25) is 0 Å². The number of benzene rings is 5. The highest BCUT2D eigenvalue weighted by Crippen LogP contribution is 2.34. The van der Waals surface area contributed by atoms with Crippen molar-refractivity contribution in [3.05, 3.63) is 127 Å². The molecule has 1 aliphatic carbocycles. The van der Waals surface area contributed by atoms with Crippen molar-refractivity contribution in [2.45, 2.75) is 19.8 Å². The second-order valence-electron chi connectivity index (χ2n) is 10.1. The number of hydrogen-bond acceptors (Lipinski definition) is 1. The van der Waals surface area contributed by atoms with Crippen molar-refractivity contribution >= 4 is 38.3 Å². The van der Waals surface area contributed by atoms with E-state index >= 15 is 0 Å². The fraction of sp³-hybridized carbons (Fsp3) is 0.111. The van der Waals surface area contributed by atoms with E-state index in [4.69, 9.17) is 4.42 Å². The van der Waals surface area contributed by atoms with Gasteiger partial charge >= 0.3 is 0 Å². The van der Waals surface area contributed by atoms with E-state index in [2.05, 4.69) is 116 Å². The van der Waals surface area contributed by atoms with E-state index in [0.717, 1.165) is 28.4 Å². The number of para-hydroxylation sites is 1. The van der Waals surface area contributed by atoms with Gasteiger partial charge in [-0.1, -0.05) is 97.9 Å². The second-order valence-corrected chi connectivity index (χ2v) is 10.1. The van der Waals surface area contributed by atoms with E-state index in [1.165, 1.54) is 50.6 Å². The summed E-state index contributed by atoms with van der Waals surface area (Å²) in [5.41, 5.74) is 9.42. The van der Waals surface area contributed by atoms with E-state index in [-0.39, 0.29) is 0 Å². The molecule has 37 heavy (non-hydrogen) atoms. The first-order valence-electron chi connectivity index (χ1n) is 13.2. The molecule has 0 radical (unpaired) electrons. The maximum absolute atomic E-state index is 6.01. The molecule has 0 fully saturated rings. The van der Waals surface area contributed by atoms with Crippen molar-refractivity contribution in [2.75, 3.05) is 0 Å². The van der Waals surface area contributed by atoms with Crippen molar-refractivity contribution < 1.29 is 4.42 Å². The van der Waals surface area contributed by atoms with Gasteiger partial charge in [0.05, 0.1) is 0 Å². The van der Waals surface area contributed by atoms with E-state index in [9.17, 15) is 0 Å². The highest BCUT2D eigenvalue weighted by Gasteiger charge is 2.10. The van der Waals surface area contributed by atoms with Crippen LogP contribution in [-0.2, 0) is 0 Å². The van der Waals surface area contributed by atoms with Crippen LogP contribution >= 0.6 is 0 Å². The number of fused-ring (bicyclic) bond motifs is 4. The highest BCUT2D eigenvalue weighted by atomic mass is 16.3. The third kappa shape index (κ3) is 3.97. The number of rotatable bonds is 4. The van der Waals surface area contributed by atoms with Crippen LogP contribution in [0.15, 0.2) is 126 Å². The SMILES string of the molecule is CCC1C=CC(c2ccc(-c3ccc4cc(-c5ccc6oc7ccccc7c6c5)ccc4c3)cc2)=CC1. The standard InChI is InChI=1S/C36H28O/c1-2-24-7-9-25(10-8-24)26-11-13-27(14-12-26)28-15-16-30-22-31(18-17-29(30)21-28)32-19-20-36-34(23-32)33-5-3-4-6-35(33)37-36/h3-7,9-24H,2,8H2,1H3. The Balaban J connectivity index is 1.18. The topological polar surface area (TPSA) is 13.1 Å². The molecule has 0 N–H and O–H groups in total. The summed E-state index contributed by atoms with van der Waals surface area (Å²) in [4.78, 5) is 0. The average molecular weight is 477 g/mol. The normalized spacial score (nSPS) is 15.5. The zero-order valence-corrected chi connectivity index (χ0v) is 20.9. The molecule has 0 amide bonds. The van der Waals surface area contributed by atoms with Crippen LogP contribution in [0.4, 0.5) is 0 Å². The molecular formula is C36H28O. The Bertz CT molecular complexity index is 1830. The van der Waals surface area contributed by atoms with E-state index in [0.29, 0.717) is 5.92 Å². The predicted molar refractivity (Wildman–Crippen MR) is 158 cm³/mol. The Labute approximate surface area is 217 Å². The fourth-order valence-corrected chi connectivity index (χ4v) is 5.55. The minimum atomic E-state index is 0.689. The summed E-state index contributed by atoms with van der Waals surface area (Å²) in [5.74, 6) is 0.689. The Hall–Kier alpha value is -4.36. The summed E-state index contributed by atoms with van der Waals surface area (Å²) in [6.07, 6.45) is 9.37. The van der Waals surface area contributed by atoms with Gasteiger partial charge in [0, 0.05) is 10.8 Å². The number of furan rings is 1. The van der Waals surface area contributed by atoms with Crippen molar-refractivity contribution in [3.63, 3.8) is 0 Å². The minimum Gasteiger partial charge on any atom is -0.456 e. The lowest BCUT2D eigenvalue weighted by Crippen LogP contribution is -1.97. The fourth-order valence-electron chi connectivity index (χ4n) is 5.55. The van der Waals surface area contributed by atoms with Crippen LogP contribution in [0, 0.1) is 5.92 Å². The van der Waals surface area contributed by atoms with Crippen LogP contribution in [0.25, 0.3) is 60.5 Å². The molecule has 1 nitrogen and oxygen atoms in total. The lowest BCUT2D eigenvalue weighted by molar-refractivity contribution is 0.634. The molecule has 0 aliphatic heterocycles. The Morgan fingerprint density at radius 1 is 0.622 bits per heavy atom. The number of hydrogen-bond donors (Lipinski definition) is 0. The summed E-state index contributed by atoms with van der Waals surface area (Å²) in [7, 11) is 0. The van der Waals surface area contributed by atoms with E-state index < -0.39 is 0 Å². The minimum absolute atomic E-state index is 0.689. The molecule has 1 heteroatoms. The predicted octanol–water partition coefficient (Wildman–Crippen LogP) is 10.4. The molecule has 1 aromatic heterocycles. The molecular weight excluding hydrogens is 448 g/mol. The third-order valence-corrected chi connectivity index (χ3v) is 7.81. The van der Waals surface area contributed by atoms with Gasteiger partial charge in [-0.3, -0.25) is 0 Å². The van der Waals surface area contributed by atoms with Gasteiger partial charge in [-0.15, -0.1) is 0 Å². The van der Waals surface area contributed by atoms with E-state index in [1.54, 1.807) is 0 Å². The quantitative estimate of drug-likeness (QED) is 0.247. The summed E-state index contributed by atoms with van der Waals surface area (Å²) >= 11 is 0. The summed E-state index contributed by atoms with van der Waals surface area (Å²) in [6.45, 7) is 2.26. The first kappa shape index (κ1) is 21.9. The molecule has 178 valence electrons. The molecule has 0 saturated heterocycles. The Morgan fingerprint density at radius 3 is 1.97 bits per heavy atom. The third-order valence-electron chi connectivity index (χ3n) is 7.81. The first-order valence-corrected chi connectivity index (χ1v) is 13.2. The molecule has 1 heterocycles. The van der Waals surface area contributed by atoms with Crippen LogP contribution in [-0.4, -0.2) is 0 Å². The Kier molecular flexibility index (Phi) is 5.29. The van der Waals surface area contributed by atoms with Crippen molar-refractivity contribution in [1.82, 2.24) is 0 Å². The molecule has 1 aliphatic rings. The molecule has 5 aromatic carbocycles. The van der Waals surface area contributed by atoms with Gasteiger partial charge < -0.3 is 4.42 Å². The zero-order valence-electron chi connectivity index (χ0n) is 20.9. The molecule has 1 unspecified atom stereocenters. The number of allylic oxidation sites excluding steroid dienone is 4. The van der Waals surface area contributed by atoms with Gasteiger partial charge in [-0.05, 0) is 93.3 Å². The van der Waals surface area contributed by atoms with Crippen LogP contribution in [0.2, 0.25) is 0 Å². The van der Waals surface area contributed by atoms with Crippen LogP contribution < -0.4 is 0 Å². The summed E-state index contributed by atoms with van der Waals surface area (Å²) in [6, 6.07) is 37.3. The molecule has 0 spiro atoms. The lowest BCUT2D eigenvalue weighted by atomic mass is 9.91. The Morgan fingerprint density at radius 2 is 1.24 bits per heavy atom. The molecule has 0 bridgehead atoms. The van der Waals surface area contributed by atoms with Crippen LogP contribution in [0.5, 0.6) is 0 Å². The van der Waals surface area contributed by atoms with Crippen molar-refractivity contribution in [3.8, 4) is 22.3 Å². The van der Waals surface area contributed by atoms with Crippen LogP contribution in [0.1, 0.15) is 25.3 Å². The maximum Gasteiger partial charge on any atom is 0.135 e. The average Bonchev–Trinajstić information content (AvgIpc) is 3.35. The molecule has 6 aromatic rings. The molecule has 7 rings (SSSR count). The summed E-state index contributed by atoms with van der Waals surface area (Å²) < 4.78 is 6.01. The zero-order chi connectivity index (χ0) is 24.8. The maximum atomic E-state index is 6.01. The summed E-state index contributed by atoms with van der Waals surface area (Å²) in [5, 5.41) is 4.83. The van der Waals surface area contributed by atoms with Gasteiger partial charge in [0.1, 0.15) is 11.2 Å². The van der Waals surface area contributed by atoms with E-state index in [1.807, 2.05) is 12.1 Å². The van der Waals surface area contributed by atoms with Crippen LogP contribution in [0.3, 0.4) is 0 Å². The van der Waals surface area contributed by atoms with Crippen molar-refractivity contribution in [1.29, 1.82) is 0 Å². The molecule has 1 atom stereocenters. The smallest absolute Gasteiger partial charge is 0.135 e. The second kappa shape index (κ2) is 8.94. The van der Waals surface area contributed by atoms with Gasteiger partial charge in [-0.25, -0.2) is 0 Å². The van der Waals surface area contributed by atoms with Crippen molar-refractivity contribution in [2.24, 2.45) is 5.92 Å². The highest BCUT2D eigenvalue weighted by molar-refractivity contribution is 6.06. The van der Waals surface area contributed by atoms with Gasteiger partial charge in [0.25, 0.3) is 0 Å². The largest absolute Gasteiger partial charge is 0.456 e. The van der Waals surface area contributed by atoms with Gasteiger partial charge in [0.15, 0.2) is 0 Å². The first-order chi connectivity index (χ1) is 18.2. The lowest BCUT2D eigenvalue weighted by Gasteiger charge is -2.14. The molecule has 0 saturated carbocycles. The monoisotopic (exact) mass is 476 g/mol. The van der Waals surface area contributed by atoms with Gasteiger partial charge in [-0.2, -0.15) is 0 Å².